The Hall–Kier alpha value is -1.65. The van der Waals surface area contributed by atoms with Gasteiger partial charge in [-0.3, -0.25) is 9.58 Å². The van der Waals surface area contributed by atoms with Crippen LogP contribution in [0.1, 0.15) is 28.8 Å². The zero-order valence-electron chi connectivity index (χ0n) is 12.0. The van der Waals surface area contributed by atoms with Crippen molar-refractivity contribution in [1.29, 1.82) is 0 Å². The van der Waals surface area contributed by atoms with E-state index in [-0.39, 0.29) is 0 Å². The molecule has 0 spiro atoms. The largest absolute Gasteiger partial charge is 0.387 e. The van der Waals surface area contributed by atoms with Crippen LogP contribution in [0.2, 0.25) is 0 Å². The first-order valence-electron chi connectivity index (χ1n) is 7.10. The summed E-state index contributed by atoms with van der Waals surface area (Å²) in [6.07, 6.45) is 3.40. The molecule has 0 aliphatic carbocycles. The molecule has 1 fully saturated rings. The lowest BCUT2D eigenvalue weighted by Gasteiger charge is -2.40. The minimum Gasteiger partial charge on any atom is -0.387 e. The van der Waals surface area contributed by atoms with E-state index >= 15 is 0 Å². The Balaban J connectivity index is 1.55. The van der Waals surface area contributed by atoms with Gasteiger partial charge in [0.05, 0.1) is 12.1 Å². The number of aryl methyl sites for hydroxylation is 2. The Morgan fingerprint density at radius 1 is 1.30 bits per heavy atom. The van der Waals surface area contributed by atoms with Gasteiger partial charge in [0.2, 0.25) is 0 Å². The van der Waals surface area contributed by atoms with Crippen molar-refractivity contribution in [2.75, 3.05) is 19.6 Å². The van der Waals surface area contributed by atoms with Crippen LogP contribution in [0.3, 0.4) is 0 Å². The molecule has 0 unspecified atom stereocenters. The Labute approximate surface area is 119 Å². The van der Waals surface area contributed by atoms with Crippen LogP contribution < -0.4 is 0 Å². The molecule has 0 amide bonds. The number of hydrogen-bond acceptors (Lipinski definition) is 3. The zero-order chi connectivity index (χ0) is 14.1. The third kappa shape index (κ3) is 2.62. The fourth-order valence-electron chi connectivity index (χ4n) is 2.68. The molecule has 20 heavy (non-hydrogen) atoms. The molecular weight excluding hydrogens is 250 g/mol. The van der Waals surface area contributed by atoms with Gasteiger partial charge in [-0.1, -0.05) is 18.2 Å². The molecule has 1 aromatic carbocycles. The molecule has 1 N–H and O–H groups in total. The summed E-state index contributed by atoms with van der Waals surface area (Å²) in [6.45, 7) is 6.80. The van der Waals surface area contributed by atoms with Gasteiger partial charge < -0.3 is 5.11 Å². The van der Waals surface area contributed by atoms with E-state index < -0.39 is 6.10 Å². The van der Waals surface area contributed by atoms with Gasteiger partial charge in [-0.2, -0.15) is 5.10 Å². The lowest BCUT2D eigenvalue weighted by Crippen LogP contribution is -2.49. The highest BCUT2D eigenvalue weighted by Crippen LogP contribution is 2.24. The minimum atomic E-state index is -0.409. The van der Waals surface area contributed by atoms with Crippen molar-refractivity contribution in [2.45, 2.75) is 26.0 Å². The third-order valence-electron chi connectivity index (χ3n) is 4.18. The summed E-state index contributed by atoms with van der Waals surface area (Å²) in [6, 6.07) is 8.60. The average molecular weight is 271 g/mol. The molecule has 0 bridgehead atoms. The first kappa shape index (κ1) is 13.3. The maximum atomic E-state index is 10.3. The Kier molecular flexibility index (Phi) is 3.59. The van der Waals surface area contributed by atoms with E-state index in [9.17, 15) is 5.11 Å². The minimum absolute atomic E-state index is 0.409. The summed E-state index contributed by atoms with van der Waals surface area (Å²) in [5.74, 6) is 0. The van der Waals surface area contributed by atoms with Crippen LogP contribution in [0.15, 0.2) is 36.7 Å². The van der Waals surface area contributed by atoms with E-state index in [1.807, 2.05) is 29.2 Å². The van der Waals surface area contributed by atoms with E-state index in [4.69, 9.17) is 0 Å². The second-order valence-corrected chi connectivity index (χ2v) is 5.72. The highest BCUT2D eigenvalue weighted by molar-refractivity contribution is 5.31. The zero-order valence-corrected chi connectivity index (χ0v) is 12.0. The average Bonchev–Trinajstić information content (AvgIpc) is 2.89. The van der Waals surface area contributed by atoms with E-state index in [2.05, 4.69) is 36.0 Å². The van der Waals surface area contributed by atoms with E-state index in [1.54, 1.807) is 0 Å². The van der Waals surface area contributed by atoms with E-state index in [0.29, 0.717) is 12.6 Å². The van der Waals surface area contributed by atoms with Crippen molar-refractivity contribution in [3.8, 4) is 0 Å². The Morgan fingerprint density at radius 3 is 2.75 bits per heavy atom. The summed E-state index contributed by atoms with van der Waals surface area (Å²) < 4.78 is 2.00. The lowest BCUT2D eigenvalue weighted by atomic mass is 10.0. The fourth-order valence-corrected chi connectivity index (χ4v) is 2.68. The van der Waals surface area contributed by atoms with Crippen molar-refractivity contribution in [3.05, 3.63) is 53.3 Å². The summed E-state index contributed by atoms with van der Waals surface area (Å²) in [5.41, 5.74) is 3.51. The fraction of sp³-hybridized carbons (Fsp3) is 0.438. The smallest absolute Gasteiger partial charge is 0.0917 e. The molecule has 3 rings (SSSR count). The van der Waals surface area contributed by atoms with Crippen molar-refractivity contribution in [1.82, 2.24) is 14.7 Å². The standard InChI is InChI=1S/C16H21N3O/c1-12-4-5-14(8-13(12)2)16(20)11-18-9-15(10-18)19-7-3-6-17-19/h3-8,15-16,20H,9-11H2,1-2H3/t16-/m0/s1. The van der Waals surface area contributed by atoms with Crippen LogP contribution in [-0.2, 0) is 0 Å². The van der Waals surface area contributed by atoms with Crippen molar-refractivity contribution in [3.63, 3.8) is 0 Å². The van der Waals surface area contributed by atoms with E-state index in [0.717, 1.165) is 18.7 Å². The normalized spacial score (nSPS) is 17.9. The molecule has 1 aliphatic rings. The predicted molar refractivity (Wildman–Crippen MR) is 78.6 cm³/mol. The first-order valence-corrected chi connectivity index (χ1v) is 7.10. The number of β-amino-alcohol motifs (C(OH)–C–C–N with tert-alkyl or cyclic N) is 1. The maximum Gasteiger partial charge on any atom is 0.0917 e. The monoisotopic (exact) mass is 271 g/mol. The van der Waals surface area contributed by atoms with Gasteiger partial charge in [-0.05, 0) is 36.6 Å². The number of likely N-dealkylation sites (tertiary alicyclic amines) is 1. The summed E-state index contributed by atoms with van der Waals surface area (Å²) in [5, 5.41) is 14.6. The molecule has 4 heteroatoms. The van der Waals surface area contributed by atoms with Crippen molar-refractivity contribution >= 4 is 0 Å². The van der Waals surface area contributed by atoms with Crippen LogP contribution in [0.25, 0.3) is 0 Å². The first-order chi connectivity index (χ1) is 9.63. The summed E-state index contributed by atoms with van der Waals surface area (Å²) in [4.78, 5) is 2.27. The second-order valence-electron chi connectivity index (χ2n) is 5.72. The Bertz CT molecular complexity index is 573. The molecule has 0 radical (unpaired) electrons. The van der Waals surface area contributed by atoms with Gasteiger partial charge in [-0.15, -0.1) is 0 Å². The quantitative estimate of drug-likeness (QED) is 0.926. The van der Waals surface area contributed by atoms with Crippen LogP contribution in [0, 0.1) is 13.8 Å². The molecule has 1 saturated heterocycles. The topological polar surface area (TPSA) is 41.3 Å². The number of aromatic nitrogens is 2. The molecule has 1 aliphatic heterocycles. The SMILES string of the molecule is Cc1ccc([C@@H](O)CN2CC(n3cccn3)C2)cc1C. The van der Waals surface area contributed by atoms with Crippen molar-refractivity contribution < 1.29 is 5.11 Å². The van der Waals surface area contributed by atoms with Crippen LogP contribution in [0.5, 0.6) is 0 Å². The molecule has 2 heterocycles. The number of nitrogens with zero attached hydrogens (tertiary/aromatic N) is 3. The Morgan fingerprint density at radius 2 is 2.10 bits per heavy atom. The molecule has 106 valence electrons. The van der Waals surface area contributed by atoms with Crippen LogP contribution in [-0.4, -0.2) is 39.4 Å². The molecule has 1 atom stereocenters. The summed E-state index contributed by atoms with van der Waals surface area (Å²) >= 11 is 0. The van der Waals surface area contributed by atoms with Crippen LogP contribution in [0.4, 0.5) is 0 Å². The molecule has 1 aromatic heterocycles. The lowest BCUT2D eigenvalue weighted by molar-refractivity contribution is 0.0401. The van der Waals surface area contributed by atoms with Crippen molar-refractivity contribution in [2.24, 2.45) is 0 Å². The number of aliphatic hydroxyl groups is 1. The van der Waals surface area contributed by atoms with Gasteiger partial charge in [0.25, 0.3) is 0 Å². The number of benzene rings is 1. The summed E-state index contributed by atoms with van der Waals surface area (Å²) in [7, 11) is 0. The van der Waals surface area contributed by atoms with Gasteiger partial charge in [0, 0.05) is 32.0 Å². The molecule has 2 aromatic rings. The maximum absolute atomic E-state index is 10.3. The van der Waals surface area contributed by atoms with Gasteiger partial charge in [0.15, 0.2) is 0 Å². The number of hydrogen-bond donors (Lipinski definition) is 1. The molecule has 0 saturated carbocycles. The highest BCUT2D eigenvalue weighted by atomic mass is 16.3. The third-order valence-corrected chi connectivity index (χ3v) is 4.18. The van der Waals surface area contributed by atoms with Crippen LogP contribution >= 0.6 is 0 Å². The van der Waals surface area contributed by atoms with E-state index in [1.165, 1.54) is 11.1 Å². The second kappa shape index (κ2) is 5.38. The molecule has 4 nitrogen and oxygen atoms in total. The van der Waals surface area contributed by atoms with Gasteiger partial charge in [-0.25, -0.2) is 0 Å². The predicted octanol–water partition coefficient (Wildman–Crippen LogP) is 2.09. The number of aliphatic hydroxyl groups excluding tert-OH is 1. The highest BCUT2D eigenvalue weighted by Gasteiger charge is 2.29. The van der Waals surface area contributed by atoms with Gasteiger partial charge >= 0.3 is 0 Å². The number of rotatable bonds is 4. The van der Waals surface area contributed by atoms with Gasteiger partial charge in [0.1, 0.15) is 0 Å². The molecular formula is C16H21N3O.